The van der Waals surface area contributed by atoms with Crippen LogP contribution >= 0.6 is 11.3 Å². The molecule has 0 saturated carbocycles. The topological polar surface area (TPSA) is 79.8 Å². The van der Waals surface area contributed by atoms with Crippen molar-refractivity contribution in [1.82, 2.24) is 14.6 Å². The molecule has 8 heteroatoms. The lowest BCUT2D eigenvalue weighted by atomic mass is 10.2. The molecular weight excluding hydrogens is 343 g/mol. The van der Waals surface area contributed by atoms with Gasteiger partial charge in [0.1, 0.15) is 22.7 Å². The monoisotopic (exact) mass is 356 g/mol. The molecule has 4 rings (SSSR count). The van der Waals surface area contributed by atoms with Crippen molar-refractivity contribution in [1.29, 1.82) is 0 Å². The highest BCUT2D eigenvalue weighted by Gasteiger charge is 2.13. The summed E-state index contributed by atoms with van der Waals surface area (Å²) in [6, 6.07) is 7.53. The summed E-state index contributed by atoms with van der Waals surface area (Å²) in [5, 5.41) is 1.06. The minimum absolute atomic E-state index is 0.229. The van der Waals surface area contributed by atoms with E-state index in [2.05, 4.69) is 15.4 Å². The van der Waals surface area contributed by atoms with Gasteiger partial charge in [0.25, 0.3) is 11.5 Å². The van der Waals surface area contributed by atoms with Gasteiger partial charge in [0.05, 0.1) is 5.39 Å². The van der Waals surface area contributed by atoms with E-state index in [1.807, 2.05) is 6.92 Å². The highest BCUT2D eigenvalue weighted by molar-refractivity contribution is 7.18. The van der Waals surface area contributed by atoms with Crippen molar-refractivity contribution in [3.63, 3.8) is 0 Å². The summed E-state index contributed by atoms with van der Waals surface area (Å²) < 4.78 is 14.3. The first-order valence-corrected chi connectivity index (χ1v) is 8.46. The third-order valence-electron chi connectivity index (χ3n) is 3.90. The summed E-state index contributed by atoms with van der Waals surface area (Å²) in [5.41, 5.74) is 3.03. The first kappa shape index (κ1) is 15.5. The van der Waals surface area contributed by atoms with Crippen LogP contribution in [0.15, 0.2) is 41.5 Å². The number of rotatable bonds is 3. The number of halogens is 1. The second-order valence-electron chi connectivity index (χ2n) is 5.56. The molecule has 0 fully saturated rings. The second-order valence-corrected chi connectivity index (χ2v) is 6.68. The number of fused-ring (bicyclic) bond motifs is 2. The number of hydrogen-bond donors (Lipinski definition) is 2. The Bertz CT molecular complexity index is 1170. The maximum Gasteiger partial charge on any atom is 0.286 e. The van der Waals surface area contributed by atoms with Crippen molar-refractivity contribution < 1.29 is 9.18 Å². The van der Waals surface area contributed by atoms with Crippen LogP contribution in [-0.4, -0.2) is 20.6 Å². The summed E-state index contributed by atoms with van der Waals surface area (Å²) in [6.45, 7) is 2.00. The van der Waals surface area contributed by atoms with E-state index >= 15 is 0 Å². The molecule has 0 bridgehead atoms. The van der Waals surface area contributed by atoms with Gasteiger partial charge < -0.3 is 4.98 Å². The van der Waals surface area contributed by atoms with Crippen LogP contribution in [0.3, 0.4) is 0 Å². The molecule has 126 valence electrons. The fourth-order valence-electron chi connectivity index (χ4n) is 2.62. The predicted octanol–water partition coefficient (Wildman–Crippen LogP) is 3.02. The number of aromatic amines is 1. The van der Waals surface area contributed by atoms with Crippen LogP contribution < -0.4 is 11.0 Å². The number of amides is 1. The van der Waals surface area contributed by atoms with Crippen LogP contribution in [-0.2, 0) is 6.42 Å². The average Bonchev–Trinajstić information content (AvgIpc) is 3.20. The normalized spacial score (nSPS) is 11.3. The zero-order chi connectivity index (χ0) is 17.6. The zero-order valence-electron chi connectivity index (χ0n) is 13.2. The maximum atomic E-state index is 13.3. The van der Waals surface area contributed by atoms with E-state index in [9.17, 15) is 14.0 Å². The second kappa shape index (κ2) is 5.82. The Morgan fingerprint density at radius 3 is 3.00 bits per heavy atom. The van der Waals surface area contributed by atoms with Crippen LogP contribution in [0.4, 0.5) is 4.39 Å². The van der Waals surface area contributed by atoms with Crippen LogP contribution in [0.5, 0.6) is 0 Å². The molecule has 0 spiro atoms. The molecule has 0 aliphatic rings. The van der Waals surface area contributed by atoms with Crippen molar-refractivity contribution in [3.8, 4) is 0 Å². The van der Waals surface area contributed by atoms with Crippen LogP contribution in [0.25, 0.3) is 21.1 Å². The van der Waals surface area contributed by atoms with E-state index < -0.39 is 5.91 Å². The minimum atomic E-state index is -0.509. The van der Waals surface area contributed by atoms with E-state index in [0.29, 0.717) is 21.1 Å². The summed E-state index contributed by atoms with van der Waals surface area (Å²) in [7, 11) is 0. The smallest absolute Gasteiger partial charge is 0.286 e. The quantitative estimate of drug-likeness (QED) is 0.592. The van der Waals surface area contributed by atoms with Gasteiger partial charge in [-0.05, 0) is 36.8 Å². The van der Waals surface area contributed by atoms with Crippen molar-refractivity contribution >= 4 is 38.4 Å². The van der Waals surface area contributed by atoms with Crippen molar-refractivity contribution in [2.75, 3.05) is 5.43 Å². The highest BCUT2D eigenvalue weighted by Crippen LogP contribution is 2.21. The molecule has 4 aromatic rings. The molecule has 3 aromatic heterocycles. The van der Waals surface area contributed by atoms with Gasteiger partial charge in [-0.1, -0.05) is 6.92 Å². The number of carbonyl (C=O) groups is 1. The number of nitrogens with one attached hydrogen (secondary N) is 2. The molecule has 0 radical (unpaired) electrons. The van der Waals surface area contributed by atoms with Gasteiger partial charge in [0, 0.05) is 15.8 Å². The summed E-state index contributed by atoms with van der Waals surface area (Å²) in [6.07, 6.45) is 2.11. The Morgan fingerprint density at radius 2 is 2.20 bits per heavy atom. The summed E-state index contributed by atoms with van der Waals surface area (Å²) in [4.78, 5) is 33.7. The molecule has 0 unspecified atom stereocenters. The van der Waals surface area contributed by atoms with E-state index in [-0.39, 0.29) is 17.1 Å². The number of aromatic nitrogens is 3. The minimum Gasteiger partial charge on any atom is -0.350 e. The number of hydrogen-bond acceptors (Lipinski definition) is 4. The highest BCUT2D eigenvalue weighted by atomic mass is 32.1. The van der Waals surface area contributed by atoms with Crippen molar-refractivity contribution in [2.24, 2.45) is 0 Å². The largest absolute Gasteiger partial charge is 0.350 e. The molecule has 6 nitrogen and oxygen atoms in total. The number of thiophene rings is 1. The van der Waals surface area contributed by atoms with Gasteiger partial charge in [-0.2, -0.15) is 0 Å². The molecule has 3 heterocycles. The summed E-state index contributed by atoms with van der Waals surface area (Å²) in [5.74, 6) is -0.890. The van der Waals surface area contributed by atoms with Gasteiger partial charge in [-0.15, -0.1) is 11.3 Å². The first-order chi connectivity index (χ1) is 12.0. The van der Waals surface area contributed by atoms with Crippen molar-refractivity contribution in [2.45, 2.75) is 13.3 Å². The molecule has 25 heavy (non-hydrogen) atoms. The number of nitrogens with zero attached hydrogens (tertiary/aromatic N) is 2. The Kier molecular flexibility index (Phi) is 3.61. The molecular formula is C17H13FN4O2S. The molecule has 0 aliphatic heterocycles. The van der Waals surface area contributed by atoms with E-state index in [1.165, 1.54) is 35.9 Å². The Labute approximate surface area is 144 Å². The van der Waals surface area contributed by atoms with Gasteiger partial charge in [0.2, 0.25) is 0 Å². The lowest BCUT2D eigenvalue weighted by molar-refractivity contribution is 0.100. The fourth-order valence-corrected chi connectivity index (χ4v) is 3.55. The van der Waals surface area contributed by atoms with E-state index in [0.717, 1.165) is 16.0 Å². The van der Waals surface area contributed by atoms with Gasteiger partial charge >= 0.3 is 0 Å². The fraction of sp³-hybridized carbons (Fsp3) is 0.118. The van der Waals surface area contributed by atoms with Crippen LogP contribution in [0.1, 0.15) is 22.3 Å². The average molecular weight is 356 g/mol. The lowest BCUT2D eigenvalue weighted by Crippen LogP contribution is -2.33. The van der Waals surface area contributed by atoms with Crippen molar-refractivity contribution in [3.05, 3.63) is 63.4 Å². The van der Waals surface area contributed by atoms with Crippen LogP contribution in [0.2, 0.25) is 0 Å². The number of benzene rings is 1. The SMILES string of the molecule is CCc1cc2c(=O)n(NC(=O)c3cc4cc(F)ccc4[nH]3)cnc2s1. The Hall–Kier alpha value is -3.00. The maximum absolute atomic E-state index is 13.3. The standard InChI is InChI=1S/C17H13FN4O2S/c1-2-11-7-12-16(25-11)19-8-22(17(12)24)21-15(23)14-6-9-5-10(18)3-4-13(9)20-14/h3-8,20H,2H2,1H3,(H,21,23). The van der Waals surface area contributed by atoms with Gasteiger partial charge in [-0.3, -0.25) is 15.0 Å². The third kappa shape index (κ3) is 2.70. The van der Waals surface area contributed by atoms with Gasteiger partial charge in [0.15, 0.2) is 0 Å². The van der Waals surface area contributed by atoms with Gasteiger partial charge in [-0.25, -0.2) is 14.1 Å². The number of aryl methyl sites for hydroxylation is 1. The molecule has 0 saturated heterocycles. The Morgan fingerprint density at radius 1 is 1.36 bits per heavy atom. The molecule has 1 aromatic carbocycles. The molecule has 0 aliphatic carbocycles. The first-order valence-electron chi connectivity index (χ1n) is 7.65. The third-order valence-corrected chi connectivity index (χ3v) is 5.09. The lowest BCUT2D eigenvalue weighted by Gasteiger charge is -2.05. The number of H-pyrrole nitrogens is 1. The predicted molar refractivity (Wildman–Crippen MR) is 95.2 cm³/mol. The molecule has 2 N–H and O–H groups in total. The van der Waals surface area contributed by atoms with E-state index in [4.69, 9.17) is 0 Å². The molecule has 1 amide bonds. The van der Waals surface area contributed by atoms with E-state index in [1.54, 1.807) is 12.1 Å². The Balaban J connectivity index is 1.68. The molecule has 0 atom stereocenters. The zero-order valence-corrected chi connectivity index (χ0v) is 14.0. The summed E-state index contributed by atoms with van der Waals surface area (Å²) >= 11 is 1.46. The number of carbonyl (C=O) groups excluding carboxylic acids is 1. The van der Waals surface area contributed by atoms with Crippen LogP contribution in [0, 0.1) is 5.82 Å².